The molecule has 0 spiro atoms. The highest BCUT2D eigenvalue weighted by molar-refractivity contribution is 7.15. The number of thiazole rings is 1. The molecule has 0 amide bonds. The third kappa shape index (κ3) is 1.93. The summed E-state index contributed by atoms with van der Waals surface area (Å²) in [5, 5.41) is 8.10. The molecule has 4 heterocycles. The lowest BCUT2D eigenvalue weighted by atomic mass is 10.2. The Balaban J connectivity index is 1.68. The average molecular weight is 339 g/mol. The van der Waals surface area contributed by atoms with Gasteiger partial charge >= 0.3 is 0 Å². The summed E-state index contributed by atoms with van der Waals surface area (Å²) in [6, 6.07) is 9.03. The molecule has 0 radical (unpaired) electrons. The second-order valence-electron chi connectivity index (χ2n) is 5.15. The second-order valence-corrected chi connectivity index (χ2v) is 6.16. The van der Waals surface area contributed by atoms with Crippen molar-refractivity contribution in [3.63, 3.8) is 0 Å². The minimum atomic E-state index is -0.177. The van der Waals surface area contributed by atoms with Gasteiger partial charge in [-0.2, -0.15) is 0 Å². The number of rotatable bonds is 2. The van der Waals surface area contributed by atoms with Crippen LogP contribution in [0.1, 0.15) is 5.56 Å². The Morgan fingerprint density at radius 2 is 2.08 bits per heavy atom. The fraction of sp³-hybridized carbons (Fsp3) is 0.0625. The van der Waals surface area contributed by atoms with Crippen molar-refractivity contribution >= 4 is 22.4 Å². The molecule has 4 aromatic rings. The molecule has 1 aliphatic heterocycles. The predicted octanol–water partition coefficient (Wildman–Crippen LogP) is 1.69. The zero-order chi connectivity index (χ0) is 16.1. The lowest BCUT2D eigenvalue weighted by Crippen LogP contribution is -2.23. The molecule has 24 heavy (non-hydrogen) atoms. The highest BCUT2D eigenvalue weighted by Crippen LogP contribution is 2.32. The number of nitrogens with zero attached hydrogens (tertiary/aromatic N) is 3. The monoisotopic (exact) mass is 339 g/mol. The van der Waals surface area contributed by atoms with Crippen LogP contribution in [0.3, 0.4) is 0 Å². The van der Waals surface area contributed by atoms with Crippen molar-refractivity contribution in [1.29, 1.82) is 0 Å². The van der Waals surface area contributed by atoms with Crippen molar-refractivity contribution in [1.82, 2.24) is 14.6 Å². The minimum absolute atomic E-state index is 0.177. The molecule has 0 aliphatic carbocycles. The molecule has 8 heteroatoms. The zero-order valence-electron chi connectivity index (χ0n) is 12.1. The average Bonchev–Trinajstić information content (AvgIpc) is 3.34. The number of hydrogen-bond acceptors (Lipinski definition) is 7. The van der Waals surface area contributed by atoms with Gasteiger partial charge in [0.1, 0.15) is 0 Å². The van der Waals surface area contributed by atoms with Crippen molar-refractivity contribution in [3.8, 4) is 23.1 Å². The van der Waals surface area contributed by atoms with E-state index in [0.29, 0.717) is 32.6 Å². The van der Waals surface area contributed by atoms with Crippen molar-refractivity contribution in [2.45, 2.75) is 0 Å². The number of furan rings is 1. The molecule has 7 nitrogen and oxygen atoms in total. The van der Waals surface area contributed by atoms with E-state index in [1.165, 1.54) is 22.0 Å². The van der Waals surface area contributed by atoms with Gasteiger partial charge in [-0.25, -0.2) is 4.40 Å². The van der Waals surface area contributed by atoms with Crippen LogP contribution in [0.5, 0.6) is 11.5 Å². The van der Waals surface area contributed by atoms with Gasteiger partial charge in [-0.15, -0.1) is 10.2 Å². The Bertz CT molecular complexity index is 1160. The molecule has 0 unspecified atom stereocenters. The molecule has 5 rings (SSSR count). The van der Waals surface area contributed by atoms with Gasteiger partial charge in [-0.3, -0.25) is 4.79 Å². The second kappa shape index (κ2) is 4.93. The first-order valence-corrected chi connectivity index (χ1v) is 7.94. The van der Waals surface area contributed by atoms with Crippen molar-refractivity contribution in [2.75, 3.05) is 6.79 Å². The van der Waals surface area contributed by atoms with E-state index in [9.17, 15) is 4.79 Å². The van der Waals surface area contributed by atoms with Crippen LogP contribution in [-0.2, 0) is 0 Å². The van der Waals surface area contributed by atoms with Crippen molar-refractivity contribution < 1.29 is 13.9 Å². The zero-order valence-corrected chi connectivity index (χ0v) is 12.9. The summed E-state index contributed by atoms with van der Waals surface area (Å²) in [5.41, 5.74) is 0.678. The number of fused-ring (bicyclic) bond motifs is 2. The van der Waals surface area contributed by atoms with Crippen LogP contribution in [-0.4, -0.2) is 21.4 Å². The predicted molar refractivity (Wildman–Crippen MR) is 86.2 cm³/mol. The lowest BCUT2D eigenvalue weighted by molar-refractivity contribution is 0.174. The van der Waals surface area contributed by atoms with Gasteiger partial charge in [0.05, 0.1) is 10.8 Å². The third-order valence-corrected chi connectivity index (χ3v) is 4.64. The molecule has 0 saturated carbocycles. The molecular weight excluding hydrogens is 330 g/mol. The maximum atomic E-state index is 12.7. The molecule has 118 valence electrons. The van der Waals surface area contributed by atoms with Crippen LogP contribution in [0.4, 0.5) is 0 Å². The van der Waals surface area contributed by atoms with Crippen LogP contribution >= 0.6 is 11.3 Å². The Labute approximate surface area is 138 Å². The number of benzene rings is 1. The summed E-state index contributed by atoms with van der Waals surface area (Å²) >= 11 is 1.28. The molecule has 0 N–H and O–H groups in total. The maximum absolute atomic E-state index is 12.7. The SMILES string of the molecule is O=c1/c(=C\c2ccc3c(c2)OCO3)sc2nnc(-c3ccco3)n12. The molecule has 0 saturated heterocycles. The summed E-state index contributed by atoms with van der Waals surface area (Å²) in [4.78, 5) is 13.2. The Morgan fingerprint density at radius 3 is 2.96 bits per heavy atom. The normalized spacial score (nSPS) is 13.9. The molecule has 1 aliphatic rings. The van der Waals surface area contributed by atoms with Gasteiger partial charge in [0.25, 0.3) is 5.56 Å². The first kappa shape index (κ1) is 13.3. The lowest BCUT2D eigenvalue weighted by Gasteiger charge is -1.96. The van der Waals surface area contributed by atoms with Crippen LogP contribution in [0, 0.1) is 0 Å². The topological polar surface area (TPSA) is 78.9 Å². The van der Waals surface area contributed by atoms with Crippen molar-refractivity contribution in [3.05, 3.63) is 57.0 Å². The van der Waals surface area contributed by atoms with E-state index in [0.717, 1.165) is 5.56 Å². The van der Waals surface area contributed by atoms with E-state index in [-0.39, 0.29) is 12.4 Å². The summed E-state index contributed by atoms with van der Waals surface area (Å²) < 4.78 is 18.0. The molecular formula is C16H9N3O4S. The third-order valence-electron chi connectivity index (χ3n) is 3.68. The number of ether oxygens (including phenoxy) is 2. The fourth-order valence-electron chi connectivity index (χ4n) is 2.58. The van der Waals surface area contributed by atoms with Crippen LogP contribution in [0.2, 0.25) is 0 Å². The van der Waals surface area contributed by atoms with E-state index < -0.39 is 0 Å². The largest absolute Gasteiger partial charge is 0.461 e. The van der Waals surface area contributed by atoms with Gasteiger partial charge in [0, 0.05) is 0 Å². The Kier molecular flexibility index (Phi) is 2.74. The smallest absolute Gasteiger partial charge is 0.276 e. The van der Waals surface area contributed by atoms with Gasteiger partial charge < -0.3 is 13.9 Å². The first-order valence-electron chi connectivity index (χ1n) is 7.13. The number of aromatic nitrogens is 3. The molecule has 1 aromatic carbocycles. The summed E-state index contributed by atoms with van der Waals surface area (Å²) in [7, 11) is 0. The standard InChI is InChI=1S/C16H9N3O4S/c20-15-13(7-9-3-4-10-12(6-9)23-8-22-10)24-16-18-17-14(19(15)16)11-2-1-5-21-11/h1-7H,8H2/b13-7+. The summed E-state index contributed by atoms with van der Waals surface area (Å²) in [5.74, 6) is 2.30. The van der Waals surface area contributed by atoms with Crippen LogP contribution in [0.25, 0.3) is 22.6 Å². The first-order chi connectivity index (χ1) is 11.8. The van der Waals surface area contributed by atoms with E-state index in [1.54, 1.807) is 18.2 Å². The van der Waals surface area contributed by atoms with Gasteiger partial charge in [0.2, 0.25) is 17.6 Å². The maximum Gasteiger partial charge on any atom is 0.276 e. The highest BCUT2D eigenvalue weighted by Gasteiger charge is 2.16. The molecule has 3 aromatic heterocycles. The fourth-order valence-corrected chi connectivity index (χ4v) is 3.49. The highest BCUT2D eigenvalue weighted by atomic mass is 32.1. The Morgan fingerprint density at radius 1 is 1.17 bits per heavy atom. The van der Waals surface area contributed by atoms with Crippen LogP contribution in [0.15, 0.2) is 45.8 Å². The molecule has 0 fully saturated rings. The van der Waals surface area contributed by atoms with E-state index in [4.69, 9.17) is 13.9 Å². The minimum Gasteiger partial charge on any atom is -0.461 e. The van der Waals surface area contributed by atoms with Crippen LogP contribution < -0.4 is 19.6 Å². The summed E-state index contributed by atoms with van der Waals surface area (Å²) in [6.45, 7) is 0.219. The molecule has 0 bridgehead atoms. The Hall–Kier alpha value is -3.13. The van der Waals surface area contributed by atoms with E-state index in [2.05, 4.69) is 10.2 Å². The van der Waals surface area contributed by atoms with E-state index >= 15 is 0 Å². The molecule has 0 atom stereocenters. The van der Waals surface area contributed by atoms with Crippen molar-refractivity contribution in [2.24, 2.45) is 0 Å². The van der Waals surface area contributed by atoms with E-state index in [1.807, 2.05) is 18.2 Å². The van der Waals surface area contributed by atoms with Gasteiger partial charge in [-0.05, 0) is 35.9 Å². The van der Waals surface area contributed by atoms with Gasteiger partial charge in [-0.1, -0.05) is 17.4 Å². The number of hydrogen-bond donors (Lipinski definition) is 0. The quantitative estimate of drug-likeness (QED) is 0.553. The summed E-state index contributed by atoms with van der Waals surface area (Å²) in [6.07, 6.45) is 3.34. The van der Waals surface area contributed by atoms with Gasteiger partial charge in [0.15, 0.2) is 17.3 Å².